The van der Waals surface area contributed by atoms with E-state index in [0.29, 0.717) is 49.1 Å². The van der Waals surface area contributed by atoms with Gasteiger partial charge in [0.25, 0.3) is 0 Å². The molecule has 206 valence electrons. The summed E-state index contributed by atoms with van der Waals surface area (Å²) >= 11 is 0. The predicted octanol–water partition coefficient (Wildman–Crippen LogP) is 4.36. The van der Waals surface area contributed by atoms with Crippen molar-refractivity contribution in [3.63, 3.8) is 0 Å². The van der Waals surface area contributed by atoms with Crippen molar-refractivity contribution in [2.75, 3.05) is 44.5 Å². The number of carboxylic acid groups (broad SMARTS) is 1. The van der Waals surface area contributed by atoms with Gasteiger partial charge < -0.3 is 35.3 Å². The minimum absolute atomic E-state index is 0.00871. The van der Waals surface area contributed by atoms with Crippen LogP contribution in [-0.4, -0.2) is 56.8 Å². The Labute approximate surface area is 225 Å². The van der Waals surface area contributed by atoms with Crippen LogP contribution in [0.4, 0.5) is 20.6 Å². The molecule has 0 aliphatic carbocycles. The van der Waals surface area contributed by atoms with Crippen molar-refractivity contribution < 1.29 is 38.1 Å². The van der Waals surface area contributed by atoms with Gasteiger partial charge in [0.1, 0.15) is 24.0 Å². The average molecular weight is 540 g/mol. The van der Waals surface area contributed by atoms with E-state index in [9.17, 15) is 18.8 Å². The highest BCUT2D eigenvalue weighted by molar-refractivity contribution is 6.00. The summed E-state index contributed by atoms with van der Waals surface area (Å²) in [4.78, 5) is 35.8. The highest BCUT2D eigenvalue weighted by Gasteiger charge is 2.13. The van der Waals surface area contributed by atoms with Gasteiger partial charge in [0.05, 0.1) is 31.2 Å². The second-order valence-corrected chi connectivity index (χ2v) is 8.33. The molecule has 0 saturated carbocycles. The van der Waals surface area contributed by atoms with Gasteiger partial charge in [-0.1, -0.05) is 18.2 Å². The van der Waals surface area contributed by atoms with Crippen molar-refractivity contribution in [3.05, 3.63) is 77.6 Å². The summed E-state index contributed by atoms with van der Waals surface area (Å²) in [6.45, 7) is 1.22. The first-order valence-corrected chi connectivity index (χ1v) is 12.1. The minimum Gasteiger partial charge on any atom is -0.495 e. The zero-order chi connectivity index (χ0) is 28.2. The van der Waals surface area contributed by atoms with Crippen molar-refractivity contribution in [2.45, 2.75) is 12.8 Å². The Morgan fingerprint density at radius 2 is 1.59 bits per heavy atom. The molecule has 2 amide bonds. The van der Waals surface area contributed by atoms with Gasteiger partial charge in [-0.2, -0.15) is 0 Å². The minimum atomic E-state index is -1.05. The first-order valence-electron chi connectivity index (χ1n) is 12.1. The zero-order valence-electron chi connectivity index (χ0n) is 21.6. The fourth-order valence-electron chi connectivity index (χ4n) is 3.61. The van der Waals surface area contributed by atoms with E-state index in [1.807, 2.05) is 0 Å². The monoisotopic (exact) mass is 539 g/mol. The van der Waals surface area contributed by atoms with E-state index in [1.165, 1.54) is 50.6 Å². The van der Waals surface area contributed by atoms with Crippen molar-refractivity contribution in [1.29, 1.82) is 0 Å². The maximum Gasteiger partial charge on any atom is 0.335 e. The van der Waals surface area contributed by atoms with Crippen molar-refractivity contribution in [1.82, 2.24) is 5.32 Å². The van der Waals surface area contributed by atoms with Crippen LogP contribution in [0.5, 0.6) is 17.2 Å². The van der Waals surface area contributed by atoms with Crippen LogP contribution in [0.2, 0.25) is 0 Å². The highest BCUT2D eigenvalue weighted by atomic mass is 19.1. The topological polar surface area (TPSA) is 135 Å². The molecular weight excluding hydrogens is 509 g/mol. The SMILES string of the molecule is COc1cc(CC(=O)CCNCCOc2ccc(C(=O)O)cc2OC)ccc1NC(=O)Nc1ccccc1F. The molecule has 0 fully saturated rings. The van der Waals surface area contributed by atoms with Crippen molar-refractivity contribution in [3.8, 4) is 17.2 Å². The highest BCUT2D eigenvalue weighted by Crippen LogP contribution is 2.28. The number of ether oxygens (including phenoxy) is 3. The molecule has 0 unspecified atom stereocenters. The molecule has 0 aliphatic heterocycles. The van der Waals surface area contributed by atoms with Gasteiger partial charge in [-0.3, -0.25) is 4.79 Å². The molecule has 0 aliphatic rings. The van der Waals surface area contributed by atoms with Crippen LogP contribution in [0.1, 0.15) is 22.3 Å². The third kappa shape index (κ3) is 8.71. The number of anilines is 2. The van der Waals surface area contributed by atoms with Crippen molar-refractivity contribution >= 4 is 29.2 Å². The lowest BCUT2D eigenvalue weighted by Crippen LogP contribution is -2.24. The fourth-order valence-corrected chi connectivity index (χ4v) is 3.61. The number of methoxy groups -OCH3 is 2. The number of halogens is 1. The largest absolute Gasteiger partial charge is 0.495 e. The van der Waals surface area contributed by atoms with Gasteiger partial charge >= 0.3 is 12.0 Å². The number of para-hydroxylation sites is 1. The Hall–Kier alpha value is -4.64. The number of urea groups is 1. The van der Waals surface area contributed by atoms with E-state index in [2.05, 4.69) is 16.0 Å². The normalized spacial score (nSPS) is 10.4. The second kappa shape index (κ2) is 14.3. The molecule has 0 aromatic heterocycles. The molecule has 0 saturated heterocycles. The lowest BCUT2D eigenvalue weighted by Gasteiger charge is -2.13. The number of rotatable bonds is 14. The first-order chi connectivity index (χ1) is 18.8. The summed E-state index contributed by atoms with van der Waals surface area (Å²) in [5.74, 6) is -0.478. The standard InChI is InChI=1S/C28H30FN3O7/c1-37-25-16-18(7-9-23(25)32-28(36)31-22-6-4-3-5-21(22)29)15-20(33)11-12-30-13-14-39-24-10-8-19(27(34)35)17-26(24)38-2/h3-10,16-17,30H,11-15H2,1-2H3,(H,34,35)(H2,31,32,36). The van der Waals surface area contributed by atoms with Gasteiger partial charge in [0.15, 0.2) is 11.5 Å². The summed E-state index contributed by atoms with van der Waals surface area (Å²) in [6, 6.07) is 14.6. The molecule has 3 aromatic rings. The van der Waals surface area contributed by atoms with Gasteiger partial charge in [0.2, 0.25) is 0 Å². The van der Waals surface area contributed by atoms with Crippen LogP contribution in [0.3, 0.4) is 0 Å². The van der Waals surface area contributed by atoms with E-state index >= 15 is 0 Å². The van der Waals surface area contributed by atoms with Crippen LogP contribution in [0.15, 0.2) is 60.7 Å². The number of carbonyl (C=O) groups excluding carboxylic acids is 2. The molecule has 3 rings (SSSR count). The van der Waals surface area contributed by atoms with Crippen LogP contribution < -0.4 is 30.2 Å². The first kappa shape index (κ1) is 28.9. The smallest absolute Gasteiger partial charge is 0.335 e. The number of benzene rings is 3. The predicted molar refractivity (Wildman–Crippen MR) is 144 cm³/mol. The van der Waals surface area contributed by atoms with Crippen molar-refractivity contribution in [2.24, 2.45) is 0 Å². The third-order valence-electron chi connectivity index (χ3n) is 5.57. The van der Waals surface area contributed by atoms with Gasteiger partial charge in [-0.05, 0) is 48.0 Å². The second-order valence-electron chi connectivity index (χ2n) is 8.33. The number of hydrogen-bond donors (Lipinski definition) is 4. The molecule has 0 bridgehead atoms. The molecule has 10 nitrogen and oxygen atoms in total. The zero-order valence-corrected chi connectivity index (χ0v) is 21.6. The Morgan fingerprint density at radius 3 is 2.31 bits per heavy atom. The molecule has 0 atom stereocenters. The molecule has 3 aromatic carbocycles. The molecule has 39 heavy (non-hydrogen) atoms. The van der Waals surface area contributed by atoms with E-state index in [4.69, 9.17) is 19.3 Å². The summed E-state index contributed by atoms with van der Waals surface area (Å²) in [5.41, 5.74) is 1.24. The Morgan fingerprint density at radius 1 is 0.846 bits per heavy atom. The van der Waals surface area contributed by atoms with Crippen LogP contribution in [0, 0.1) is 5.82 Å². The maximum atomic E-state index is 13.8. The van der Waals surface area contributed by atoms with Crippen LogP contribution >= 0.6 is 0 Å². The number of ketones is 1. The fraction of sp³-hybridized carbons (Fsp3) is 0.250. The molecule has 0 spiro atoms. The molecule has 11 heteroatoms. The number of carboxylic acids is 1. The van der Waals surface area contributed by atoms with E-state index in [1.54, 1.807) is 24.3 Å². The lowest BCUT2D eigenvalue weighted by atomic mass is 10.1. The maximum absolute atomic E-state index is 13.8. The molecule has 4 N–H and O–H groups in total. The van der Waals surface area contributed by atoms with Gasteiger partial charge in [-0.25, -0.2) is 14.0 Å². The van der Waals surface area contributed by atoms with Gasteiger partial charge in [0, 0.05) is 25.9 Å². The summed E-state index contributed by atoms with van der Waals surface area (Å²) in [5, 5.41) is 17.2. The number of hydrogen-bond acceptors (Lipinski definition) is 7. The van der Waals surface area contributed by atoms with Crippen LogP contribution in [-0.2, 0) is 11.2 Å². The molecule has 0 radical (unpaired) electrons. The average Bonchev–Trinajstić information content (AvgIpc) is 2.92. The molecule has 0 heterocycles. The van der Waals surface area contributed by atoms with E-state index in [0.717, 1.165) is 5.56 Å². The van der Waals surface area contributed by atoms with Gasteiger partial charge in [-0.15, -0.1) is 0 Å². The Bertz CT molecular complexity index is 1320. The Kier molecular flexibility index (Phi) is 10.6. The molecular formula is C28H30FN3O7. The Balaban J connectivity index is 1.41. The van der Waals surface area contributed by atoms with Crippen LogP contribution in [0.25, 0.3) is 0 Å². The number of carbonyl (C=O) groups is 3. The number of amides is 2. The summed E-state index contributed by atoms with van der Waals surface area (Å²) in [7, 11) is 2.88. The number of nitrogens with one attached hydrogen (secondary N) is 3. The third-order valence-corrected chi connectivity index (χ3v) is 5.57. The number of aromatic carboxylic acids is 1. The van der Waals surface area contributed by atoms with E-state index in [-0.39, 0.29) is 23.5 Å². The number of Topliss-reactive ketones (excluding diaryl/α,β-unsaturated/α-hetero) is 1. The lowest BCUT2D eigenvalue weighted by molar-refractivity contribution is -0.118. The summed E-state index contributed by atoms with van der Waals surface area (Å²) < 4.78 is 29.9. The summed E-state index contributed by atoms with van der Waals surface area (Å²) in [6.07, 6.45) is 0.480. The quantitative estimate of drug-likeness (QED) is 0.222. The van der Waals surface area contributed by atoms with E-state index < -0.39 is 17.8 Å².